The molecule has 0 atom stereocenters. The van der Waals surface area contributed by atoms with Gasteiger partial charge >= 0.3 is 0 Å². The second kappa shape index (κ2) is 8.77. The molecule has 0 unspecified atom stereocenters. The van der Waals surface area contributed by atoms with Crippen LogP contribution in [0.3, 0.4) is 0 Å². The lowest BCUT2D eigenvalue weighted by Crippen LogP contribution is -2.58. The maximum absolute atomic E-state index is 13.7. The first-order valence-corrected chi connectivity index (χ1v) is 11.6. The zero-order valence-electron chi connectivity index (χ0n) is 19.2. The van der Waals surface area contributed by atoms with E-state index in [1.807, 2.05) is 0 Å². The van der Waals surface area contributed by atoms with E-state index in [1.165, 1.54) is 34.1 Å². The van der Waals surface area contributed by atoms with Crippen LogP contribution in [0.1, 0.15) is 51.7 Å². The molecule has 3 aromatic rings. The van der Waals surface area contributed by atoms with E-state index in [2.05, 4.69) is 15.6 Å². The van der Waals surface area contributed by atoms with E-state index in [-0.39, 0.29) is 17.1 Å². The lowest BCUT2D eigenvalue weighted by Gasteiger charge is -2.42. The first-order chi connectivity index (χ1) is 16.0. The molecule has 2 heterocycles. The molecule has 178 valence electrons. The number of anilines is 1. The standard InChI is InChI=1S/C24H25FN4O4S/c1-12-9-14(5-6-16(12)25)27-21(32)17-13(2)18(29(4)19(17)23-26-7-8-34-23)20(31)22(33)28-24(3)10-15(30)11-24/h5-9,15,30H,10-11H2,1-4H3,(H,27,32)(H,28,33)/t15-,24+. The Labute approximate surface area is 199 Å². The second-order valence-electron chi connectivity index (χ2n) is 8.92. The van der Waals surface area contributed by atoms with Crippen molar-refractivity contribution in [3.63, 3.8) is 0 Å². The van der Waals surface area contributed by atoms with E-state index in [9.17, 15) is 23.9 Å². The Kier molecular flexibility index (Phi) is 6.13. The number of Topliss-reactive ketones (excluding diaryl/α,β-unsaturated/α-hetero) is 1. The quantitative estimate of drug-likeness (QED) is 0.367. The fourth-order valence-electron chi connectivity index (χ4n) is 4.46. The number of aryl methyl sites for hydroxylation is 1. The number of nitrogens with one attached hydrogen (secondary N) is 2. The number of aliphatic hydroxyl groups is 1. The summed E-state index contributed by atoms with van der Waals surface area (Å²) in [7, 11) is 1.61. The van der Waals surface area contributed by atoms with Crippen molar-refractivity contribution in [1.29, 1.82) is 0 Å². The largest absolute Gasteiger partial charge is 0.393 e. The van der Waals surface area contributed by atoms with E-state index in [4.69, 9.17) is 0 Å². The highest BCUT2D eigenvalue weighted by Gasteiger charge is 2.42. The maximum Gasteiger partial charge on any atom is 0.294 e. The number of nitrogens with zero attached hydrogens (tertiary/aromatic N) is 2. The first kappa shape index (κ1) is 23.8. The highest BCUT2D eigenvalue weighted by Crippen LogP contribution is 2.34. The summed E-state index contributed by atoms with van der Waals surface area (Å²) < 4.78 is 15.2. The van der Waals surface area contributed by atoms with Crippen molar-refractivity contribution in [2.75, 3.05) is 5.32 Å². The number of halogens is 1. The van der Waals surface area contributed by atoms with Crippen molar-refractivity contribution in [3.8, 4) is 10.7 Å². The van der Waals surface area contributed by atoms with Gasteiger partial charge in [0.2, 0.25) is 0 Å². The summed E-state index contributed by atoms with van der Waals surface area (Å²) in [4.78, 5) is 43.6. The second-order valence-corrected chi connectivity index (χ2v) is 9.81. The van der Waals surface area contributed by atoms with E-state index < -0.39 is 29.2 Å². The normalized spacial score (nSPS) is 19.4. The zero-order valence-corrected chi connectivity index (χ0v) is 20.0. The molecule has 10 heteroatoms. The molecule has 8 nitrogen and oxygen atoms in total. The molecule has 0 aliphatic heterocycles. The number of benzene rings is 1. The minimum absolute atomic E-state index is 0.0756. The summed E-state index contributed by atoms with van der Waals surface area (Å²) in [5.74, 6) is -2.47. The van der Waals surface area contributed by atoms with Gasteiger partial charge in [0.1, 0.15) is 10.8 Å². The number of hydrogen-bond acceptors (Lipinski definition) is 6. The average Bonchev–Trinajstić information content (AvgIpc) is 3.35. The molecular formula is C24H25FN4O4S. The molecule has 1 saturated carbocycles. The minimum Gasteiger partial charge on any atom is -0.393 e. The van der Waals surface area contributed by atoms with Crippen LogP contribution in [0.4, 0.5) is 10.1 Å². The zero-order chi connectivity index (χ0) is 24.8. The first-order valence-electron chi connectivity index (χ1n) is 10.7. The molecular weight excluding hydrogens is 459 g/mol. The Morgan fingerprint density at radius 3 is 2.56 bits per heavy atom. The summed E-state index contributed by atoms with van der Waals surface area (Å²) in [5, 5.41) is 17.3. The summed E-state index contributed by atoms with van der Waals surface area (Å²) in [6.07, 6.45) is 1.82. The van der Waals surface area contributed by atoms with Crippen LogP contribution in [0.15, 0.2) is 29.8 Å². The van der Waals surface area contributed by atoms with Crippen molar-refractivity contribution in [1.82, 2.24) is 14.9 Å². The van der Waals surface area contributed by atoms with Crippen LogP contribution >= 0.6 is 11.3 Å². The molecule has 4 rings (SSSR count). The summed E-state index contributed by atoms with van der Waals surface area (Å²) in [5.41, 5.74) is 1.16. The molecule has 0 saturated heterocycles. The Morgan fingerprint density at radius 1 is 1.26 bits per heavy atom. The number of carbonyl (C=O) groups is 3. The number of aliphatic hydroxyl groups excluding tert-OH is 1. The molecule has 1 aliphatic rings. The lowest BCUT2D eigenvalue weighted by atomic mass is 9.76. The van der Waals surface area contributed by atoms with E-state index in [1.54, 1.807) is 39.4 Å². The Balaban J connectivity index is 1.72. The van der Waals surface area contributed by atoms with Crippen molar-refractivity contribution in [3.05, 3.63) is 58.0 Å². The van der Waals surface area contributed by atoms with Crippen molar-refractivity contribution < 1.29 is 23.9 Å². The van der Waals surface area contributed by atoms with Gasteiger partial charge in [0.15, 0.2) is 0 Å². The van der Waals surface area contributed by atoms with Gasteiger partial charge in [-0.1, -0.05) is 0 Å². The number of carbonyl (C=O) groups excluding carboxylic acids is 3. The fraction of sp³-hybridized carbons (Fsp3) is 0.333. The van der Waals surface area contributed by atoms with Crippen LogP contribution in [0.25, 0.3) is 10.7 Å². The molecule has 0 bridgehead atoms. The van der Waals surface area contributed by atoms with Crippen LogP contribution in [-0.2, 0) is 11.8 Å². The average molecular weight is 485 g/mol. The third-order valence-corrected chi connectivity index (χ3v) is 6.90. The Bertz CT molecular complexity index is 1290. The summed E-state index contributed by atoms with van der Waals surface area (Å²) >= 11 is 1.30. The molecule has 1 aliphatic carbocycles. The fourth-order valence-corrected chi connectivity index (χ4v) is 5.18. The maximum atomic E-state index is 13.7. The Morgan fingerprint density at radius 2 is 1.97 bits per heavy atom. The van der Waals surface area contributed by atoms with Crippen LogP contribution in [0, 0.1) is 19.7 Å². The van der Waals surface area contributed by atoms with Crippen LogP contribution in [0.5, 0.6) is 0 Å². The predicted molar refractivity (Wildman–Crippen MR) is 126 cm³/mol. The monoisotopic (exact) mass is 484 g/mol. The molecule has 1 aromatic carbocycles. The van der Waals surface area contributed by atoms with Crippen molar-refractivity contribution in [2.45, 2.75) is 45.3 Å². The molecule has 2 amide bonds. The molecule has 34 heavy (non-hydrogen) atoms. The summed E-state index contributed by atoms with van der Waals surface area (Å²) in [6, 6.07) is 4.23. The van der Waals surface area contributed by atoms with E-state index >= 15 is 0 Å². The highest BCUT2D eigenvalue weighted by molar-refractivity contribution is 7.13. The third-order valence-electron chi connectivity index (χ3n) is 6.12. The third kappa shape index (κ3) is 4.26. The molecule has 1 fully saturated rings. The van der Waals surface area contributed by atoms with Gasteiger partial charge < -0.3 is 20.3 Å². The molecule has 3 N–H and O–H groups in total. The molecule has 0 spiro atoms. The number of amides is 2. The number of aromatic nitrogens is 2. The number of thiazole rings is 1. The van der Waals surface area contributed by atoms with Gasteiger partial charge in [-0.3, -0.25) is 14.4 Å². The number of ketones is 1. The van der Waals surface area contributed by atoms with Crippen LogP contribution in [0.2, 0.25) is 0 Å². The molecule has 2 aromatic heterocycles. The smallest absolute Gasteiger partial charge is 0.294 e. The summed E-state index contributed by atoms with van der Waals surface area (Å²) in [6.45, 7) is 4.97. The van der Waals surface area contributed by atoms with E-state index in [0.29, 0.717) is 40.4 Å². The number of rotatable bonds is 6. The predicted octanol–water partition coefficient (Wildman–Crippen LogP) is 3.37. The van der Waals surface area contributed by atoms with E-state index in [0.717, 1.165) is 0 Å². The topological polar surface area (TPSA) is 113 Å². The number of hydrogen-bond donors (Lipinski definition) is 3. The van der Waals surface area contributed by atoms with Crippen molar-refractivity contribution in [2.24, 2.45) is 7.05 Å². The highest BCUT2D eigenvalue weighted by atomic mass is 32.1. The van der Waals surface area contributed by atoms with Gasteiger partial charge in [-0.25, -0.2) is 9.37 Å². The van der Waals surface area contributed by atoms with Gasteiger partial charge in [0.05, 0.1) is 23.1 Å². The van der Waals surface area contributed by atoms with Crippen LogP contribution in [-0.4, -0.2) is 43.9 Å². The van der Waals surface area contributed by atoms with Gasteiger partial charge in [0, 0.05) is 29.9 Å². The lowest BCUT2D eigenvalue weighted by molar-refractivity contribution is -0.121. The van der Waals surface area contributed by atoms with Crippen molar-refractivity contribution >= 4 is 34.6 Å². The SMILES string of the molecule is Cc1cc(NC(=O)c2c(C)c(C(=O)C(=O)N[C@]3(C)C[C@H](O)C3)n(C)c2-c2nccs2)ccc1F. The van der Waals surface area contributed by atoms with Gasteiger partial charge in [-0.2, -0.15) is 0 Å². The Hall–Kier alpha value is -3.37. The minimum atomic E-state index is -0.801. The molecule has 0 radical (unpaired) electrons. The van der Waals surface area contributed by atoms with Gasteiger partial charge in [-0.15, -0.1) is 11.3 Å². The van der Waals surface area contributed by atoms with Gasteiger partial charge in [0.25, 0.3) is 17.6 Å². The van der Waals surface area contributed by atoms with Gasteiger partial charge in [-0.05, 0) is 62.9 Å². The van der Waals surface area contributed by atoms with Crippen LogP contribution < -0.4 is 10.6 Å².